The summed E-state index contributed by atoms with van der Waals surface area (Å²) in [6, 6.07) is 12.7. The number of aliphatic hydroxyl groups is 1. The molecule has 0 aliphatic heterocycles. The van der Waals surface area contributed by atoms with Crippen LogP contribution in [0.4, 0.5) is 4.39 Å². The van der Waals surface area contributed by atoms with Gasteiger partial charge in [-0.3, -0.25) is 0 Å². The van der Waals surface area contributed by atoms with Crippen molar-refractivity contribution in [1.82, 2.24) is 0 Å². The average molecular weight is 237 g/mol. The number of hydrogen-bond acceptors (Lipinski definition) is 1. The molecule has 0 amide bonds. The van der Waals surface area contributed by atoms with Gasteiger partial charge in [0, 0.05) is 5.02 Å². The lowest BCUT2D eigenvalue weighted by atomic mass is 10.0. The van der Waals surface area contributed by atoms with Crippen molar-refractivity contribution >= 4 is 11.6 Å². The van der Waals surface area contributed by atoms with E-state index >= 15 is 0 Å². The van der Waals surface area contributed by atoms with E-state index in [1.807, 2.05) is 0 Å². The summed E-state index contributed by atoms with van der Waals surface area (Å²) in [5.41, 5.74) is 1.22. The van der Waals surface area contributed by atoms with Crippen LogP contribution in [0, 0.1) is 5.82 Å². The zero-order chi connectivity index (χ0) is 11.5. The van der Waals surface area contributed by atoms with Crippen LogP contribution in [0.1, 0.15) is 17.2 Å². The Kier molecular flexibility index (Phi) is 3.22. The van der Waals surface area contributed by atoms with Crippen LogP contribution in [-0.4, -0.2) is 5.11 Å². The SMILES string of the molecule is O[C@H](c1ccc(Cl)cc1)c1cccc(F)c1. The first kappa shape index (κ1) is 11.1. The summed E-state index contributed by atoms with van der Waals surface area (Å²) in [7, 11) is 0. The molecule has 2 rings (SSSR count). The van der Waals surface area contributed by atoms with Gasteiger partial charge < -0.3 is 5.11 Å². The molecule has 0 aromatic heterocycles. The minimum atomic E-state index is -0.826. The largest absolute Gasteiger partial charge is 0.384 e. The maximum Gasteiger partial charge on any atom is 0.123 e. The lowest BCUT2D eigenvalue weighted by molar-refractivity contribution is 0.220. The van der Waals surface area contributed by atoms with E-state index in [4.69, 9.17) is 11.6 Å². The fraction of sp³-hybridized carbons (Fsp3) is 0.0769. The van der Waals surface area contributed by atoms with Crippen molar-refractivity contribution in [3.8, 4) is 0 Å². The lowest BCUT2D eigenvalue weighted by Gasteiger charge is -2.11. The summed E-state index contributed by atoms with van der Waals surface area (Å²) >= 11 is 5.75. The molecule has 0 aliphatic rings. The topological polar surface area (TPSA) is 20.2 Å². The maximum atomic E-state index is 13.0. The van der Waals surface area contributed by atoms with E-state index in [2.05, 4.69) is 0 Å². The first-order chi connectivity index (χ1) is 7.66. The maximum absolute atomic E-state index is 13.0. The Morgan fingerprint density at radius 1 is 1.00 bits per heavy atom. The highest BCUT2D eigenvalue weighted by molar-refractivity contribution is 6.30. The fourth-order valence-corrected chi connectivity index (χ4v) is 1.64. The molecular formula is C13H10ClFO. The third-order valence-electron chi connectivity index (χ3n) is 2.35. The first-order valence-corrected chi connectivity index (χ1v) is 5.23. The highest BCUT2D eigenvalue weighted by Crippen LogP contribution is 2.23. The Balaban J connectivity index is 2.31. The molecule has 1 atom stereocenters. The molecule has 0 saturated carbocycles. The van der Waals surface area contributed by atoms with Crippen LogP contribution in [0.25, 0.3) is 0 Å². The van der Waals surface area contributed by atoms with Crippen molar-refractivity contribution in [2.75, 3.05) is 0 Å². The highest BCUT2D eigenvalue weighted by atomic mass is 35.5. The van der Waals surface area contributed by atoms with Crippen LogP contribution in [0.3, 0.4) is 0 Å². The van der Waals surface area contributed by atoms with Gasteiger partial charge in [0.1, 0.15) is 11.9 Å². The summed E-state index contributed by atoms with van der Waals surface area (Å²) in [5, 5.41) is 10.6. The number of benzene rings is 2. The van der Waals surface area contributed by atoms with E-state index in [9.17, 15) is 9.50 Å². The van der Waals surface area contributed by atoms with Gasteiger partial charge in [0.05, 0.1) is 0 Å². The summed E-state index contributed by atoms with van der Waals surface area (Å²) < 4.78 is 13.0. The Morgan fingerprint density at radius 2 is 1.69 bits per heavy atom. The lowest BCUT2D eigenvalue weighted by Crippen LogP contribution is -1.99. The van der Waals surface area contributed by atoms with Crippen LogP contribution in [-0.2, 0) is 0 Å². The molecule has 0 heterocycles. The van der Waals surface area contributed by atoms with Gasteiger partial charge >= 0.3 is 0 Å². The van der Waals surface area contributed by atoms with E-state index in [0.29, 0.717) is 16.1 Å². The van der Waals surface area contributed by atoms with Crippen molar-refractivity contribution in [3.05, 3.63) is 70.5 Å². The molecule has 2 aromatic carbocycles. The minimum Gasteiger partial charge on any atom is -0.384 e. The molecule has 1 nitrogen and oxygen atoms in total. The zero-order valence-electron chi connectivity index (χ0n) is 8.40. The van der Waals surface area contributed by atoms with Crippen molar-refractivity contribution in [3.63, 3.8) is 0 Å². The fourth-order valence-electron chi connectivity index (χ4n) is 1.51. The summed E-state index contributed by atoms with van der Waals surface area (Å²) in [6.07, 6.45) is -0.826. The molecule has 1 N–H and O–H groups in total. The molecule has 0 aliphatic carbocycles. The van der Waals surface area contributed by atoms with Gasteiger partial charge in [-0.1, -0.05) is 35.9 Å². The molecule has 0 fully saturated rings. The molecule has 0 saturated heterocycles. The average Bonchev–Trinajstić information content (AvgIpc) is 2.29. The predicted molar refractivity (Wildman–Crippen MR) is 61.9 cm³/mol. The molecule has 0 bridgehead atoms. The highest BCUT2D eigenvalue weighted by Gasteiger charge is 2.10. The molecular weight excluding hydrogens is 227 g/mol. The van der Waals surface area contributed by atoms with Gasteiger partial charge in [0.15, 0.2) is 0 Å². The standard InChI is InChI=1S/C13H10ClFO/c14-11-6-4-9(5-7-11)13(16)10-2-1-3-12(15)8-10/h1-8,13,16H/t13-/m1/s1. The predicted octanol–water partition coefficient (Wildman–Crippen LogP) is 3.56. The monoisotopic (exact) mass is 236 g/mol. The molecule has 0 spiro atoms. The number of hydrogen-bond donors (Lipinski definition) is 1. The third-order valence-corrected chi connectivity index (χ3v) is 2.60. The van der Waals surface area contributed by atoms with Crippen LogP contribution in [0.15, 0.2) is 48.5 Å². The van der Waals surface area contributed by atoms with Crippen molar-refractivity contribution < 1.29 is 9.50 Å². The van der Waals surface area contributed by atoms with E-state index < -0.39 is 6.10 Å². The Morgan fingerprint density at radius 3 is 2.31 bits per heavy atom. The van der Waals surface area contributed by atoms with Crippen LogP contribution >= 0.6 is 11.6 Å². The normalized spacial score (nSPS) is 12.4. The number of halogens is 2. The molecule has 16 heavy (non-hydrogen) atoms. The van der Waals surface area contributed by atoms with Gasteiger partial charge in [-0.25, -0.2) is 4.39 Å². The Bertz CT molecular complexity index is 482. The van der Waals surface area contributed by atoms with Gasteiger partial charge in [0.2, 0.25) is 0 Å². The summed E-state index contributed by atoms with van der Waals surface area (Å²) in [6.45, 7) is 0. The van der Waals surface area contributed by atoms with Crippen molar-refractivity contribution in [2.24, 2.45) is 0 Å². The smallest absolute Gasteiger partial charge is 0.123 e. The van der Waals surface area contributed by atoms with Crippen molar-refractivity contribution in [1.29, 1.82) is 0 Å². The summed E-state index contributed by atoms with van der Waals surface area (Å²) in [5.74, 6) is -0.356. The van der Waals surface area contributed by atoms with E-state index in [1.165, 1.54) is 12.1 Å². The van der Waals surface area contributed by atoms with Crippen LogP contribution in [0.5, 0.6) is 0 Å². The Hall–Kier alpha value is -1.38. The van der Waals surface area contributed by atoms with E-state index in [-0.39, 0.29) is 5.82 Å². The second-order valence-corrected chi connectivity index (χ2v) is 3.95. The van der Waals surface area contributed by atoms with Gasteiger partial charge in [-0.15, -0.1) is 0 Å². The summed E-state index contributed by atoms with van der Waals surface area (Å²) in [4.78, 5) is 0. The molecule has 0 radical (unpaired) electrons. The van der Waals surface area contributed by atoms with Gasteiger partial charge in [-0.2, -0.15) is 0 Å². The van der Waals surface area contributed by atoms with Crippen LogP contribution < -0.4 is 0 Å². The number of rotatable bonds is 2. The van der Waals surface area contributed by atoms with E-state index in [0.717, 1.165) is 0 Å². The molecule has 0 unspecified atom stereocenters. The first-order valence-electron chi connectivity index (χ1n) is 4.86. The minimum absolute atomic E-state index is 0.356. The van der Waals surface area contributed by atoms with E-state index in [1.54, 1.807) is 36.4 Å². The van der Waals surface area contributed by atoms with Crippen molar-refractivity contribution in [2.45, 2.75) is 6.10 Å². The molecule has 2 aromatic rings. The molecule has 3 heteroatoms. The molecule has 82 valence electrons. The van der Waals surface area contributed by atoms with Gasteiger partial charge in [0.25, 0.3) is 0 Å². The second-order valence-electron chi connectivity index (χ2n) is 3.51. The Labute approximate surface area is 98.1 Å². The second kappa shape index (κ2) is 4.64. The number of aliphatic hydroxyl groups excluding tert-OH is 1. The van der Waals surface area contributed by atoms with Crippen LogP contribution in [0.2, 0.25) is 5.02 Å². The third kappa shape index (κ3) is 2.40. The quantitative estimate of drug-likeness (QED) is 0.845. The zero-order valence-corrected chi connectivity index (χ0v) is 9.16. The van der Waals surface area contributed by atoms with Gasteiger partial charge in [-0.05, 0) is 35.4 Å².